The number of piperidine rings is 1. The number of pyridine rings is 1. The maximum absolute atomic E-state index is 9.47. The normalized spacial score (nSPS) is 27.8. The minimum Gasteiger partial charge on any atom is -0.392 e. The van der Waals surface area contributed by atoms with Crippen molar-refractivity contribution in [1.29, 1.82) is 0 Å². The van der Waals surface area contributed by atoms with E-state index in [4.69, 9.17) is 4.74 Å². The summed E-state index contributed by atoms with van der Waals surface area (Å²) in [5.41, 5.74) is 1.37. The summed E-state index contributed by atoms with van der Waals surface area (Å²) in [7, 11) is 0. The molecule has 1 N–H and O–H groups in total. The van der Waals surface area contributed by atoms with E-state index in [0.29, 0.717) is 5.92 Å². The predicted octanol–water partition coefficient (Wildman–Crippen LogP) is 1.80. The number of aliphatic hydroxyl groups is 1. The van der Waals surface area contributed by atoms with Crippen molar-refractivity contribution in [2.24, 2.45) is 0 Å². The van der Waals surface area contributed by atoms with E-state index in [1.54, 1.807) is 0 Å². The molecule has 1 aromatic heterocycles. The number of aliphatic hydroxyl groups excluding tert-OH is 1. The van der Waals surface area contributed by atoms with Crippen molar-refractivity contribution in [1.82, 2.24) is 9.88 Å². The Morgan fingerprint density at radius 3 is 2.95 bits per heavy atom. The maximum atomic E-state index is 9.47. The lowest BCUT2D eigenvalue weighted by Crippen LogP contribution is -2.46. The number of β-amino-alcohol motifs (C(OH)–C–C–N with tert-alkyl or cyclic N) is 1. The Morgan fingerprint density at radius 1 is 1.50 bits per heavy atom. The summed E-state index contributed by atoms with van der Waals surface area (Å²) >= 11 is 0. The molecule has 1 aromatic rings. The third-order valence-corrected chi connectivity index (χ3v) is 4.65. The van der Waals surface area contributed by atoms with Gasteiger partial charge in [0.15, 0.2) is 0 Å². The largest absolute Gasteiger partial charge is 0.392 e. The van der Waals surface area contributed by atoms with Crippen LogP contribution in [0.3, 0.4) is 0 Å². The van der Waals surface area contributed by atoms with Gasteiger partial charge in [-0.1, -0.05) is 6.07 Å². The second kappa shape index (κ2) is 5.80. The Bertz CT molecular complexity index is 427. The summed E-state index contributed by atoms with van der Waals surface area (Å²) in [5, 5.41) is 9.47. The van der Waals surface area contributed by atoms with Gasteiger partial charge in [0.25, 0.3) is 0 Å². The van der Waals surface area contributed by atoms with Crippen LogP contribution in [-0.4, -0.2) is 52.9 Å². The van der Waals surface area contributed by atoms with Gasteiger partial charge in [0, 0.05) is 37.9 Å². The van der Waals surface area contributed by atoms with Gasteiger partial charge in [-0.2, -0.15) is 0 Å². The fraction of sp³-hybridized carbons (Fsp3) is 0.688. The predicted molar refractivity (Wildman–Crippen MR) is 77.6 cm³/mol. The molecule has 4 heteroatoms. The number of hydrogen-bond acceptors (Lipinski definition) is 4. The Labute approximate surface area is 120 Å². The Hall–Kier alpha value is -0.970. The highest BCUT2D eigenvalue weighted by molar-refractivity contribution is 5.18. The molecule has 2 aliphatic rings. The van der Waals surface area contributed by atoms with Crippen molar-refractivity contribution in [3.63, 3.8) is 0 Å². The van der Waals surface area contributed by atoms with E-state index in [9.17, 15) is 5.11 Å². The van der Waals surface area contributed by atoms with Crippen LogP contribution in [0.1, 0.15) is 37.7 Å². The minimum absolute atomic E-state index is 0.0652. The molecule has 2 fully saturated rings. The zero-order chi connectivity index (χ0) is 14.0. The maximum Gasteiger partial charge on any atom is 0.0713 e. The third kappa shape index (κ3) is 3.03. The van der Waals surface area contributed by atoms with Crippen LogP contribution in [0.4, 0.5) is 0 Å². The Kier molecular flexibility index (Phi) is 4.06. The zero-order valence-electron chi connectivity index (χ0n) is 12.2. The molecule has 3 rings (SSSR count). The summed E-state index contributed by atoms with van der Waals surface area (Å²) in [6, 6.07) is 4.16. The molecule has 0 unspecified atom stereocenters. The molecule has 2 saturated heterocycles. The van der Waals surface area contributed by atoms with Crippen molar-refractivity contribution in [3.05, 3.63) is 30.1 Å². The molecule has 0 amide bonds. The number of nitrogens with zero attached hydrogens (tertiary/aromatic N) is 2. The lowest BCUT2D eigenvalue weighted by molar-refractivity contribution is -0.0485. The van der Waals surface area contributed by atoms with Gasteiger partial charge in [0.2, 0.25) is 0 Å². The first kappa shape index (κ1) is 14.0. The molecule has 0 aromatic carbocycles. The molecule has 0 radical (unpaired) electrons. The summed E-state index contributed by atoms with van der Waals surface area (Å²) in [6.07, 6.45) is 6.82. The molecule has 20 heavy (non-hydrogen) atoms. The first-order chi connectivity index (χ1) is 9.67. The van der Waals surface area contributed by atoms with E-state index in [-0.39, 0.29) is 11.7 Å². The van der Waals surface area contributed by atoms with Crippen LogP contribution in [-0.2, 0) is 4.74 Å². The van der Waals surface area contributed by atoms with Gasteiger partial charge in [-0.3, -0.25) is 4.98 Å². The van der Waals surface area contributed by atoms with E-state index in [1.165, 1.54) is 5.56 Å². The van der Waals surface area contributed by atoms with Crippen LogP contribution in [0.2, 0.25) is 0 Å². The second-order valence-corrected chi connectivity index (χ2v) is 6.33. The molecular weight excluding hydrogens is 252 g/mol. The van der Waals surface area contributed by atoms with Crippen LogP contribution in [0.15, 0.2) is 24.5 Å². The molecule has 2 aliphatic heterocycles. The van der Waals surface area contributed by atoms with E-state index < -0.39 is 0 Å². The Morgan fingerprint density at radius 2 is 2.30 bits per heavy atom. The first-order valence-corrected chi connectivity index (χ1v) is 7.61. The SMILES string of the molecule is C[C@H](O)CN1CCC2(CC1)C[C@@H](c1cccnc1)CO2. The fourth-order valence-corrected chi connectivity index (χ4v) is 3.54. The average Bonchev–Trinajstić information content (AvgIpc) is 2.87. The molecule has 0 bridgehead atoms. The lowest BCUT2D eigenvalue weighted by Gasteiger charge is -2.39. The molecule has 0 aliphatic carbocycles. The number of hydrogen-bond donors (Lipinski definition) is 1. The van der Waals surface area contributed by atoms with E-state index in [2.05, 4.69) is 16.0 Å². The van der Waals surface area contributed by atoms with Crippen molar-refractivity contribution < 1.29 is 9.84 Å². The van der Waals surface area contributed by atoms with Crippen molar-refractivity contribution in [2.75, 3.05) is 26.2 Å². The van der Waals surface area contributed by atoms with Crippen molar-refractivity contribution >= 4 is 0 Å². The summed E-state index contributed by atoms with van der Waals surface area (Å²) in [4.78, 5) is 6.56. The third-order valence-electron chi connectivity index (χ3n) is 4.65. The molecular formula is C16H24N2O2. The van der Waals surface area contributed by atoms with E-state index in [1.807, 2.05) is 25.4 Å². The smallest absolute Gasteiger partial charge is 0.0713 e. The standard InChI is InChI=1S/C16H24N2O2/c1-13(19)11-18-7-4-16(5-8-18)9-15(12-20-16)14-3-2-6-17-10-14/h2-3,6,10,13,15,19H,4-5,7-9,11-12H2,1H3/t13-,15+/m0/s1. The van der Waals surface area contributed by atoms with Crippen molar-refractivity contribution in [3.8, 4) is 0 Å². The number of aromatic nitrogens is 1. The molecule has 2 atom stereocenters. The van der Waals surface area contributed by atoms with Gasteiger partial charge < -0.3 is 14.7 Å². The molecule has 4 nitrogen and oxygen atoms in total. The monoisotopic (exact) mass is 276 g/mol. The highest BCUT2D eigenvalue weighted by atomic mass is 16.5. The van der Waals surface area contributed by atoms with Crippen LogP contribution in [0, 0.1) is 0 Å². The van der Waals surface area contributed by atoms with Gasteiger partial charge in [-0.05, 0) is 37.8 Å². The van der Waals surface area contributed by atoms with Crippen LogP contribution >= 0.6 is 0 Å². The minimum atomic E-state index is -0.239. The summed E-state index contributed by atoms with van der Waals surface area (Å²) in [6.45, 7) is 5.52. The number of rotatable bonds is 3. The number of ether oxygens (including phenoxy) is 1. The quantitative estimate of drug-likeness (QED) is 0.914. The summed E-state index contributed by atoms with van der Waals surface area (Å²) < 4.78 is 6.18. The van der Waals surface area contributed by atoms with Gasteiger partial charge in [-0.25, -0.2) is 0 Å². The Balaban J connectivity index is 1.58. The van der Waals surface area contributed by atoms with E-state index >= 15 is 0 Å². The van der Waals surface area contributed by atoms with Gasteiger partial charge in [0.05, 0.1) is 18.3 Å². The topological polar surface area (TPSA) is 45.6 Å². The molecule has 110 valence electrons. The fourth-order valence-electron chi connectivity index (χ4n) is 3.54. The van der Waals surface area contributed by atoms with E-state index in [0.717, 1.165) is 45.5 Å². The van der Waals surface area contributed by atoms with Gasteiger partial charge in [-0.15, -0.1) is 0 Å². The first-order valence-electron chi connectivity index (χ1n) is 7.61. The zero-order valence-corrected chi connectivity index (χ0v) is 12.2. The molecule has 3 heterocycles. The van der Waals surface area contributed by atoms with Crippen LogP contribution in [0.25, 0.3) is 0 Å². The van der Waals surface area contributed by atoms with Gasteiger partial charge >= 0.3 is 0 Å². The molecule has 0 saturated carbocycles. The van der Waals surface area contributed by atoms with Gasteiger partial charge in [0.1, 0.15) is 0 Å². The second-order valence-electron chi connectivity index (χ2n) is 6.33. The highest BCUT2D eigenvalue weighted by Crippen LogP contribution is 2.42. The van der Waals surface area contributed by atoms with Crippen LogP contribution < -0.4 is 0 Å². The number of likely N-dealkylation sites (tertiary alicyclic amines) is 1. The summed E-state index contributed by atoms with van der Waals surface area (Å²) in [5.74, 6) is 0.493. The lowest BCUT2D eigenvalue weighted by atomic mass is 9.83. The average molecular weight is 276 g/mol. The van der Waals surface area contributed by atoms with Crippen molar-refractivity contribution in [2.45, 2.75) is 43.8 Å². The highest BCUT2D eigenvalue weighted by Gasteiger charge is 2.43. The van der Waals surface area contributed by atoms with Crippen LogP contribution in [0.5, 0.6) is 0 Å². The molecule has 1 spiro atoms.